The van der Waals surface area contributed by atoms with E-state index in [-0.39, 0.29) is 25.0 Å². The topological polar surface area (TPSA) is 119 Å². The van der Waals surface area contributed by atoms with Gasteiger partial charge in [-0.05, 0) is 79.7 Å². The number of halogens is 2. The van der Waals surface area contributed by atoms with Crippen molar-refractivity contribution in [3.8, 4) is 5.75 Å². The number of aromatic nitrogens is 3. The Morgan fingerprint density at radius 1 is 1.17 bits per heavy atom. The van der Waals surface area contributed by atoms with E-state index in [9.17, 15) is 14.7 Å². The van der Waals surface area contributed by atoms with Crippen LogP contribution in [0.4, 0.5) is 15.5 Å². The lowest BCUT2D eigenvalue weighted by Crippen LogP contribution is -2.45. The largest absolute Gasteiger partial charge is 0.497 e. The zero-order valence-corrected chi connectivity index (χ0v) is 29.9. The van der Waals surface area contributed by atoms with Crippen molar-refractivity contribution in [1.29, 1.82) is 0 Å². The van der Waals surface area contributed by atoms with Gasteiger partial charge in [0.05, 0.1) is 31.1 Å². The summed E-state index contributed by atoms with van der Waals surface area (Å²) in [4.78, 5) is 29.4. The number of nitrogens with one attached hydrogen (secondary N) is 1. The summed E-state index contributed by atoms with van der Waals surface area (Å²) >= 11 is 3.59. The normalized spacial score (nSPS) is 21.9. The number of aryl methyl sites for hydroxylation is 1. The first-order chi connectivity index (χ1) is 22.9. The lowest BCUT2D eigenvalue weighted by molar-refractivity contribution is -0.146. The van der Waals surface area contributed by atoms with Crippen LogP contribution in [0, 0.1) is 5.92 Å². The quantitative estimate of drug-likeness (QED) is 0.138. The second kappa shape index (κ2) is 13.5. The molecule has 2 aliphatic heterocycles. The molecule has 252 valence electrons. The molecule has 0 unspecified atom stereocenters. The molecule has 0 radical (unpaired) electrons. The average molecular weight is 737 g/mol. The lowest BCUT2D eigenvalue weighted by atomic mass is 9.82. The van der Waals surface area contributed by atoms with Crippen LogP contribution in [-0.4, -0.2) is 60.1 Å². The van der Waals surface area contributed by atoms with E-state index in [2.05, 4.69) is 31.6 Å². The van der Waals surface area contributed by atoms with Gasteiger partial charge in [-0.3, -0.25) is 14.3 Å². The molecule has 4 aromatic rings. The monoisotopic (exact) mass is 735 g/mol. The molecule has 2 amide bonds. The van der Waals surface area contributed by atoms with Crippen molar-refractivity contribution in [2.75, 3.05) is 23.9 Å². The van der Waals surface area contributed by atoms with Crippen molar-refractivity contribution in [2.24, 2.45) is 5.92 Å². The molecule has 1 spiro atoms. The zero-order chi connectivity index (χ0) is 34.2. The number of benzene rings is 3. The Kier molecular flexibility index (Phi) is 9.58. The summed E-state index contributed by atoms with van der Waals surface area (Å²) < 4.78 is 30.7. The number of methoxy groups -OCH3 is 1. The Morgan fingerprint density at radius 3 is 2.65 bits per heavy atom. The van der Waals surface area contributed by atoms with E-state index >= 15 is 4.11 Å². The highest BCUT2D eigenvalue weighted by atomic mass is 79.9. The molecular formula is C35H39BrFN5O5Si. The summed E-state index contributed by atoms with van der Waals surface area (Å²) in [5, 5.41) is 20.5. The van der Waals surface area contributed by atoms with Crippen LogP contribution in [0.2, 0.25) is 18.6 Å². The number of hydrogen-bond donors (Lipinski definition) is 2. The van der Waals surface area contributed by atoms with Gasteiger partial charge >= 0.3 is 0 Å². The molecule has 0 saturated carbocycles. The SMILES string of the molecule is COc1ccc(C(=O)Nc2cccc(CN3C(=O)[C@]4(O[C@H](CCn5cc(CCO)nn5)[C@@H]([Si](C)(C)F)[C@@H]4C)c4cc(Br)ccc43)c2)cc1. The Labute approximate surface area is 288 Å². The van der Waals surface area contributed by atoms with Gasteiger partial charge in [0.25, 0.3) is 11.8 Å². The Morgan fingerprint density at radius 2 is 1.94 bits per heavy atom. The number of amides is 2. The number of carbonyl (C=O) groups excluding carboxylic acids is 2. The number of nitrogens with zero attached hydrogens (tertiary/aromatic N) is 4. The van der Waals surface area contributed by atoms with Gasteiger partial charge in [0.1, 0.15) is 5.75 Å². The van der Waals surface area contributed by atoms with Gasteiger partial charge in [-0.25, -0.2) is 0 Å². The maximum Gasteiger partial charge on any atom is 0.264 e. The van der Waals surface area contributed by atoms with Crippen LogP contribution in [0.25, 0.3) is 0 Å². The Bertz CT molecular complexity index is 1820. The number of rotatable bonds is 11. The van der Waals surface area contributed by atoms with E-state index in [0.29, 0.717) is 47.8 Å². The van der Waals surface area contributed by atoms with Crippen LogP contribution in [0.1, 0.15) is 40.5 Å². The number of anilines is 2. The van der Waals surface area contributed by atoms with Gasteiger partial charge in [0.2, 0.25) is 8.41 Å². The molecule has 1 fully saturated rings. The standard InChI is InChI=1S/C35H39BrFN5O5Si/c1-22-32(48(3,4)37)31(14-16-41-21-27(15-17-43)39-40-41)47-35(22)29-19-25(36)10-13-30(29)42(34(35)45)20-23-6-5-7-26(18-23)38-33(44)24-8-11-28(46-2)12-9-24/h5-13,18-19,21-22,31-32,43H,14-17,20H2,1-4H3,(H,38,44)/t22-,31+,32-,35+/m0/s1. The van der Waals surface area contributed by atoms with Gasteiger partial charge in [-0.1, -0.05) is 40.2 Å². The van der Waals surface area contributed by atoms with E-state index in [4.69, 9.17) is 9.47 Å². The maximum atomic E-state index is 16.2. The fraction of sp³-hybridized carbons (Fsp3) is 0.371. The molecule has 3 heterocycles. The van der Waals surface area contributed by atoms with Crippen LogP contribution < -0.4 is 15.0 Å². The van der Waals surface area contributed by atoms with Crippen molar-refractivity contribution in [1.82, 2.24) is 15.0 Å². The van der Waals surface area contributed by atoms with Crippen LogP contribution >= 0.6 is 15.9 Å². The predicted molar refractivity (Wildman–Crippen MR) is 186 cm³/mol. The summed E-state index contributed by atoms with van der Waals surface area (Å²) in [5.74, 6) is -0.268. The molecule has 10 nitrogen and oxygen atoms in total. The minimum Gasteiger partial charge on any atom is -0.497 e. The fourth-order valence-corrected chi connectivity index (χ4v) is 10.2. The van der Waals surface area contributed by atoms with Gasteiger partial charge in [-0.2, -0.15) is 0 Å². The maximum absolute atomic E-state index is 16.2. The summed E-state index contributed by atoms with van der Waals surface area (Å²) in [5.41, 5.74) is 2.18. The third-order valence-corrected chi connectivity index (χ3v) is 12.3. The van der Waals surface area contributed by atoms with Crippen molar-refractivity contribution < 1.29 is 28.3 Å². The second-order valence-corrected chi connectivity index (χ2v) is 17.7. The van der Waals surface area contributed by atoms with Crippen LogP contribution in [-0.2, 0) is 34.6 Å². The van der Waals surface area contributed by atoms with E-state index in [0.717, 1.165) is 15.6 Å². The van der Waals surface area contributed by atoms with Crippen LogP contribution in [0.15, 0.2) is 77.4 Å². The number of ether oxygens (including phenoxy) is 2. The van der Waals surface area contributed by atoms with Crippen molar-refractivity contribution in [3.05, 3.63) is 99.8 Å². The molecule has 4 atom stereocenters. The van der Waals surface area contributed by atoms with Gasteiger partial charge < -0.3 is 28.9 Å². The molecule has 1 aromatic heterocycles. The zero-order valence-electron chi connectivity index (χ0n) is 27.3. The molecule has 2 aliphatic rings. The van der Waals surface area contributed by atoms with Crippen molar-refractivity contribution in [2.45, 2.75) is 63.2 Å². The third-order valence-electron chi connectivity index (χ3n) is 9.40. The molecule has 1 saturated heterocycles. The Balaban J connectivity index is 1.27. The van der Waals surface area contributed by atoms with E-state index < -0.39 is 31.6 Å². The summed E-state index contributed by atoms with van der Waals surface area (Å²) in [6.07, 6.45) is 2.11. The van der Waals surface area contributed by atoms with E-state index in [1.807, 2.05) is 43.3 Å². The predicted octanol–water partition coefficient (Wildman–Crippen LogP) is 6.25. The number of aliphatic hydroxyl groups is 1. The lowest BCUT2D eigenvalue weighted by Gasteiger charge is -2.31. The summed E-state index contributed by atoms with van der Waals surface area (Å²) in [7, 11) is -1.77. The Hall–Kier alpha value is -3.91. The smallest absolute Gasteiger partial charge is 0.264 e. The van der Waals surface area contributed by atoms with Gasteiger partial charge in [-0.15, -0.1) is 5.10 Å². The van der Waals surface area contributed by atoms with Crippen molar-refractivity contribution >= 4 is 47.5 Å². The van der Waals surface area contributed by atoms with E-state index in [1.165, 1.54) is 0 Å². The molecular weight excluding hydrogens is 697 g/mol. The highest BCUT2D eigenvalue weighted by molar-refractivity contribution is 9.10. The molecule has 13 heteroatoms. The average Bonchev–Trinajstić information content (AvgIpc) is 3.70. The van der Waals surface area contributed by atoms with Gasteiger partial charge in [0.15, 0.2) is 5.60 Å². The third kappa shape index (κ3) is 6.43. The highest BCUT2D eigenvalue weighted by Gasteiger charge is 2.66. The van der Waals surface area contributed by atoms with Crippen LogP contribution in [0.3, 0.4) is 0 Å². The first-order valence-corrected chi connectivity index (χ1v) is 19.7. The molecule has 0 bridgehead atoms. The molecule has 0 aliphatic carbocycles. The molecule has 6 rings (SSSR count). The minimum absolute atomic E-state index is 0.0234. The summed E-state index contributed by atoms with van der Waals surface area (Å²) in [6.45, 7) is 5.95. The molecule has 3 aromatic carbocycles. The van der Waals surface area contributed by atoms with Gasteiger partial charge in [0, 0.05) is 58.5 Å². The van der Waals surface area contributed by atoms with Crippen LogP contribution in [0.5, 0.6) is 5.75 Å². The first kappa shape index (κ1) is 34.0. The summed E-state index contributed by atoms with van der Waals surface area (Å²) in [6, 6.07) is 20.0. The fourth-order valence-electron chi connectivity index (χ4n) is 7.26. The number of carbonyl (C=O) groups is 2. The van der Waals surface area contributed by atoms with Crippen molar-refractivity contribution in [3.63, 3.8) is 0 Å². The number of fused-ring (bicyclic) bond motifs is 2. The first-order valence-electron chi connectivity index (χ1n) is 16.0. The molecule has 48 heavy (non-hydrogen) atoms. The number of aliphatic hydroxyl groups excluding tert-OH is 1. The van der Waals surface area contributed by atoms with E-state index in [1.54, 1.807) is 66.3 Å². The number of hydrogen-bond acceptors (Lipinski definition) is 7. The highest BCUT2D eigenvalue weighted by Crippen LogP contribution is 2.60. The minimum atomic E-state index is -3.34. The molecule has 2 N–H and O–H groups in total. The second-order valence-electron chi connectivity index (χ2n) is 12.9.